The number of pyridine rings is 1. The number of primary amides is 1. The van der Waals surface area contributed by atoms with Crippen LogP contribution in [0.25, 0.3) is 0 Å². The summed E-state index contributed by atoms with van der Waals surface area (Å²) in [7, 11) is 0. The normalized spacial score (nSPS) is 10.5. The minimum absolute atomic E-state index is 0.378. The fourth-order valence-corrected chi connectivity index (χ4v) is 0.756. The van der Waals surface area contributed by atoms with Crippen molar-refractivity contribution in [3.8, 4) is 0 Å². The molecule has 3 nitrogen and oxygen atoms in total. The Balaban J connectivity index is 3.19. The van der Waals surface area contributed by atoms with Gasteiger partial charge in [0.25, 0.3) is 12.3 Å². The third-order valence-corrected chi connectivity index (χ3v) is 1.37. The molecule has 0 atom stereocenters. The summed E-state index contributed by atoms with van der Waals surface area (Å²) in [6, 6.07) is 0.641. The minimum Gasteiger partial charge on any atom is -0.364 e. The molecular weight excluding hydrogens is 185 g/mol. The number of halogens is 3. The molecule has 1 heterocycles. The molecule has 0 spiro atoms. The maximum Gasteiger partial charge on any atom is 0.267 e. The van der Waals surface area contributed by atoms with Crippen LogP contribution in [0.2, 0.25) is 0 Å². The van der Waals surface area contributed by atoms with E-state index in [2.05, 4.69) is 4.98 Å². The molecule has 0 radical (unpaired) electrons. The Bertz CT molecular complexity index is 341. The summed E-state index contributed by atoms with van der Waals surface area (Å²) >= 11 is 0. The summed E-state index contributed by atoms with van der Waals surface area (Å²) < 4.78 is 36.7. The van der Waals surface area contributed by atoms with E-state index < -0.39 is 23.7 Å². The summed E-state index contributed by atoms with van der Waals surface area (Å²) in [6.45, 7) is 0. The molecule has 13 heavy (non-hydrogen) atoms. The van der Waals surface area contributed by atoms with Crippen molar-refractivity contribution in [2.45, 2.75) is 6.43 Å². The molecule has 1 aromatic heterocycles. The summed E-state index contributed by atoms with van der Waals surface area (Å²) in [6.07, 6.45) is -2.44. The quantitative estimate of drug-likeness (QED) is 0.763. The van der Waals surface area contributed by atoms with E-state index in [1.165, 1.54) is 0 Å². The van der Waals surface area contributed by atoms with Gasteiger partial charge in [0.2, 0.25) is 0 Å². The number of aromatic nitrogens is 1. The third-order valence-electron chi connectivity index (χ3n) is 1.37. The van der Waals surface area contributed by atoms with Crippen LogP contribution >= 0.6 is 0 Å². The van der Waals surface area contributed by atoms with E-state index >= 15 is 0 Å². The Hall–Kier alpha value is -1.59. The second kappa shape index (κ2) is 3.42. The van der Waals surface area contributed by atoms with Gasteiger partial charge in [-0.2, -0.15) is 0 Å². The Morgan fingerprint density at radius 1 is 1.54 bits per heavy atom. The Morgan fingerprint density at radius 2 is 2.15 bits per heavy atom. The van der Waals surface area contributed by atoms with Crippen molar-refractivity contribution in [2.24, 2.45) is 5.73 Å². The molecule has 0 unspecified atom stereocenters. The number of amides is 1. The van der Waals surface area contributed by atoms with Crippen LogP contribution in [0, 0.1) is 5.82 Å². The topological polar surface area (TPSA) is 56.0 Å². The highest BCUT2D eigenvalue weighted by atomic mass is 19.3. The summed E-state index contributed by atoms with van der Waals surface area (Å²) in [5.41, 5.74) is 3.51. The van der Waals surface area contributed by atoms with E-state index in [1.54, 1.807) is 0 Å². The van der Waals surface area contributed by atoms with Crippen LogP contribution in [0.15, 0.2) is 12.3 Å². The second-order valence-electron chi connectivity index (χ2n) is 2.26. The first kappa shape index (κ1) is 9.50. The van der Waals surface area contributed by atoms with Gasteiger partial charge in [-0.05, 0) is 6.07 Å². The van der Waals surface area contributed by atoms with Gasteiger partial charge in [0, 0.05) is 0 Å². The highest BCUT2D eigenvalue weighted by Crippen LogP contribution is 2.21. The largest absolute Gasteiger partial charge is 0.364 e. The predicted octanol–water partition coefficient (Wildman–Crippen LogP) is 1.26. The zero-order valence-electron chi connectivity index (χ0n) is 6.30. The molecule has 0 aliphatic heterocycles. The first-order chi connectivity index (χ1) is 6.02. The number of nitrogens with zero attached hydrogens (tertiary/aromatic N) is 1. The maximum atomic E-state index is 12.6. The molecule has 1 amide bonds. The van der Waals surface area contributed by atoms with E-state index in [0.29, 0.717) is 12.3 Å². The molecular formula is C7H5F3N2O. The minimum atomic E-state index is -2.99. The lowest BCUT2D eigenvalue weighted by atomic mass is 10.2. The number of hydrogen-bond acceptors (Lipinski definition) is 2. The van der Waals surface area contributed by atoms with Gasteiger partial charge in [0.05, 0.1) is 11.8 Å². The smallest absolute Gasteiger partial charge is 0.267 e. The van der Waals surface area contributed by atoms with Crippen molar-refractivity contribution < 1.29 is 18.0 Å². The van der Waals surface area contributed by atoms with Crippen molar-refractivity contribution in [2.75, 3.05) is 0 Å². The number of carbonyl (C=O) groups is 1. The van der Waals surface area contributed by atoms with E-state index in [-0.39, 0.29) is 5.69 Å². The van der Waals surface area contributed by atoms with Gasteiger partial charge in [-0.1, -0.05) is 0 Å². The molecule has 70 valence electrons. The molecule has 0 aromatic carbocycles. The lowest BCUT2D eigenvalue weighted by Gasteiger charge is -2.01. The van der Waals surface area contributed by atoms with Gasteiger partial charge in [0.1, 0.15) is 11.5 Å². The molecule has 1 rings (SSSR count). The molecule has 0 saturated carbocycles. The fourth-order valence-electron chi connectivity index (χ4n) is 0.756. The van der Waals surface area contributed by atoms with E-state index in [4.69, 9.17) is 5.73 Å². The van der Waals surface area contributed by atoms with E-state index in [1.807, 2.05) is 0 Å². The third kappa shape index (κ3) is 1.95. The van der Waals surface area contributed by atoms with Gasteiger partial charge in [0.15, 0.2) is 0 Å². The maximum absolute atomic E-state index is 12.6. The number of alkyl halides is 2. The fraction of sp³-hybridized carbons (Fsp3) is 0.143. The number of hydrogen-bond donors (Lipinski definition) is 1. The first-order valence-corrected chi connectivity index (χ1v) is 3.25. The zero-order valence-corrected chi connectivity index (χ0v) is 6.30. The molecule has 6 heteroatoms. The average Bonchev–Trinajstić information content (AvgIpc) is 2.04. The van der Waals surface area contributed by atoms with Crippen molar-refractivity contribution in [3.05, 3.63) is 29.3 Å². The lowest BCUT2D eigenvalue weighted by molar-refractivity contribution is 0.0994. The summed E-state index contributed by atoms with van der Waals surface area (Å²) in [5.74, 6) is -2.12. The van der Waals surface area contributed by atoms with E-state index in [0.717, 1.165) is 0 Å². The van der Waals surface area contributed by atoms with Crippen molar-refractivity contribution in [1.29, 1.82) is 0 Å². The van der Waals surface area contributed by atoms with Crippen molar-refractivity contribution in [3.63, 3.8) is 0 Å². The standard InChI is InChI=1S/C7H5F3N2O/c8-4-2-12-5(7(11)13)1-3(4)6(9)10/h1-2,6H,(H2,11,13). The van der Waals surface area contributed by atoms with Crippen LogP contribution < -0.4 is 5.73 Å². The monoisotopic (exact) mass is 190 g/mol. The van der Waals surface area contributed by atoms with E-state index in [9.17, 15) is 18.0 Å². The number of rotatable bonds is 2. The molecule has 0 bridgehead atoms. The Labute approximate surface area is 71.4 Å². The van der Waals surface area contributed by atoms with Crippen LogP contribution in [0.1, 0.15) is 22.5 Å². The lowest BCUT2D eigenvalue weighted by Crippen LogP contribution is -2.14. The highest BCUT2D eigenvalue weighted by Gasteiger charge is 2.16. The number of carbonyl (C=O) groups excluding carboxylic acids is 1. The molecule has 0 saturated heterocycles. The van der Waals surface area contributed by atoms with Gasteiger partial charge in [-0.25, -0.2) is 18.2 Å². The molecule has 2 N–H and O–H groups in total. The summed E-state index contributed by atoms with van der Waals surface area (Å²) in [4.78, 5) is 13.7. The molecule has 1 aromatic rings. The van der Waals surface area contributed by atoms with Crippen LogP contribution in [0.4, 0.5) is 13.2 Å². The van der Waals surface area contributed by atoms with Crippen molar-refractivity contribution in [1.82, 2.24) is 4.98 Å². The SMILES string of the molecule is NC(=O)c1cc(C(F)F)c(F)cn1. The first-order valence-electron chi connectivity index (χ1n) is 3.25. The highest BCUT2D eigenvalue weighted by molar-refractivity contribution is 5.90. The second-order valence-corrected chi connectivity index (χ2v) is 2.26. The van der Waals surface area contributed by atoms with Crippen LogP contribution in [-0.4, -0.2) is 10.9 Å². The van der Waals surface area contributed by atoms with Gasteiger partial charge in [-0.15, -0.1) is 0 Å². The van der Waals surface area contributed by atoms with Gasteiger partial charge < -0.3 is 5.73 Å². The molecule has 0 fully saturated rings. The molecule has 0 aliphatic carbocycles. The number of nitrogens with two attached hydrogens (primary N) is 1. The molecule has 0 aliphatic rings. The van der Waals surface area contributed by atoms with Crippen LogP contribution in [0.3, 0.4) is 0 Å². The van der Waals surface area contributed by atoms with Crippen LogP contribution in [-0.2, 0) is 0 Å². The van der Waals surface area contributed by atoms with Crippen LogP contribution in [0.5, 0.6) is 0 Å². The average molecular weight is 190 g/mol. The van der Waals surface area contributed by atoms with Crippen molar-refractivity contribution >= 4 is 5.91 Å². The predicted molar refractivity (Wildman–Crippen MR) is 37.7 cm³/mol. The Kier molecular flexibility index (Phi) is 2.50. The zero-order chi connectivity index (χ0) is 10.0. The Morgan fingerprint density at radius 3 is 2.62 bits per heavy atom. The van der Waals surface area contributed by atoms with Gasteiger partial charge in [-0.3, -0.25) is 4.79 Å². The van der Waals surface area contributed by atoms with Gasteiger partial charge >= 0.3 is 0 Å². The summed E-state index contributed by atoms with van der Waals surface area (Å²) in [5, 5.41) is 0.